The van der Waals surface area contributed by atoms with Gasteiger partial charge in [-0.15, -0.1) is 0 Å². The van der Waals surface area contributed by atoms with E-state index in [1.165, 1.54) is 16.7 Å². The van der Waals surface area contributed by atoms with Crippen LogP contribution in [0.4, 0.5) is 0 Å². The van der Waals surface area contributed by atoms with Crippen molar-refractivity contribution in [2.45, 2.75) is 61.3 Å². The van der Waals surface area contributed by atoms with Gasteiger partial charge in [0.25, 0.3) is 5.56 Å². The summed E-state index contributed by atoms with van der Waals surface area (Å²) in [5, 5.41) is 22.9. The monoisotopic (exact) mass is 596 g/mol. The molecule has 1 heterocycles. The molecule has 220 valence electrons. The van der Waals surface area contributed by atoms with Crippen molar-refractivity contribution in [3.8, 4) is 23.1 Å². The number of aromatic nitrogens is 2. The summed E-state index contributed by atoms with van der Waals surface area (Å²) in [6.07, 6.45) is 3.33. The quantitative estimate of drug-likeness (QED) is 0.290. The largest absolute Gasteiger partial charge is 0.492 e. The second-order valence-corrected chi connectivity index (χ2v) is 12.5. The summed E-state index contributed by atoms with van der Waals surface area (Å²) >= 11 is 0. The molecule has 1 atom stereocenters. The van der Waals surface area contributed by atoms with Crippen molar-refractivity contribution >= 4 is 15.7 Å². The molecule has 0 radical (unpaired) electrons. The molecule has 43 heavy (non-hydrogen) atoms. The van der Waals surface area contributed by atoms with Crippen LogP contribution < -0.4 is 10.9 Å². The number of nitrogens with zero attached hydrogens (tertiary/aromatic N) is 3. The fraction of sp³-hybridized carbons (Fsp3) is 0.273. The second-order valence-electron chi connectivity index (χ2n) is 10.6. The SMILES string of the molecule is CCCCc1nc(O)c(S(=O)(=O)c2ccc(-c3cccc(CC(=O)NC)c3)cc2)c(=O)n1[C@@H]1CCc2ccc(C#N)cc21. The Hall–Kier alpha value is -4.75. The predicted molar refractivity (Wildman–Crippen MR) is 161 cm³/mol. The molecule has 1 amide bonds. The molecule has 5 rings (SSSR count). The molecule has 0 aliphatic heterocycles. The van der Waals surface area contributed by atoms with E-state index in [1.54, 1.807) is 31.3 Å². The fourth-order valence-corrected chi connectivity index (χ4v) is 6.96. The second kappa shape index (κ2) is 12.2. The Labute approximate surface area is 250 Å². The van der Waals surface area contributed by atoms with Gasteiger partial charge in [0.2, 0.25) is 21.6 Å². The molecule has 4 aromatic rings. The number of fused-ring (bicyclic) bond motifs is 1. The summed E-state index contributed by atoms with van der Waals surface area (Å²) < 4.78 is 29.1. The number of hydrogen-bond acceptors (Lipinski definition) is 7. The highest BCUT2D eigenvalue weighted by atomic mass is 32.2. The number of nitrogens with one attached hydrogen (secondary N) is 1. The molecule has 3 aromatic carbocycles. The van der Waals surface area contributed by atoms with E-state index < -0.39 is 32.2 Å². The van der Waals surface area contributed by atoms with Crippen LogP contribution in [0.15, 0.2) is 81.3 Å². The van der Waals surface area contributed by atoms with E-state index in [2.05, 4.69) is 16.4 Å². The maximum absolute atomic E-state index is 14.1. The molecular weight excluding hydrogens is 564 g/mol. The van der Waals surface area contributed by atoms with Gasteiger partial charge in [0, 0.05) is 13.5 Å². The summed E-state index contributed by atoms with van der Waals surface area (Å²) in [5.74, 6) is -0.622. The Balaban J connectivity index is 1.57. The summed E-state index contributed by atoms with van der Waals surface area (Å²) in [7, 11) is -2.88. The van der Waals surface area contributed by atoms with Crippen molar-refractivity contribution in [3.63, 3.8) is 0 Å². The van der Waals surface area contributed by atoms with Crippen molar-refractivity contribution in [1.82, 2.24) is 14.9 Å². The average molecular weight is 597 g/mol. The van der Waals surface area contributed by atoms with E-state index in [1.807, 2.05) is 37.3 Å². The topological polar surface area (TPSA) is 142 Å². The van der Waals surface area contributed by atoms with Gasteiger partial charge in [-0.3, -0.25) is 14.2 Å². The summed E-state index contributed by atoms with van der Waals surface area (Å²) in [5.41, 5.74) is 3.74. The molecule has 1 aromatic heterocycles. The van der Waals surface area contributed by atoms with Crippen LogP contribution in [0.5, 0.6) is 5.88 Å². The number of unbranched alkanes of at least 4 members (excludes halogenated alkanes) is 1. The molecule has 1 aliphatic carbocycles. The molecule has 0 saturated carbocycles. The molecule has 2 N–H and O–H groups in total. The van der Waals surface area contributed by atoms with Gasteiger partial charge in [-0.2, -0.15) is 10.2 Å². The standard InChI is InChI=1S/C33H32N4O5S/c1-3-4-8-29-36-32(39)31(33(40)37(29)28-16-13-24-10-9-22(20-34)18-27(24)28)43(41,42)26-14-11-23(12-15-26)25-7-5-6-21(17-25)19-30(38)35-2/h5-7,9-12,14-15,17-18,28,39H,3-4,8,13,16,19H2,1-2H3,(H,35,38)/t28-/m1/s1. The fourth-order valence-electron chi connectivity index (χ4n) is 5.61. The van der Waals surface area contributed by atoms with Crippen molar-refractivity contribution in [3.05, 3.63) is 105 Å². The highest BCUT2D eigenvalue weighted by molar-refractivity contribution is 7.91. The highest BCUT2D eigenvalue weighted by Gasteiger charge is 2.34. The van der Waals surface area contributed by atoms with Crippen LogP contribution >= 0.6 is 0 Å². The molecule has 0 bridgehead atoms. The maximum Gasteiger partial charge on any atom is 0.277 e. The first-order valence-corrected chi connectivity index (χ1v) is 15.7. The molecule has 0 unspecified atom stereocenters. The Kier molecular flexibility index (Phi) is 8.46. The Bertz CT molecular complexity index is 1910. The Morgan fingerprint density at radius 3 is 2.58 bits per heavy atom. The van der Waals surface area contributed by atoms with Crippen LogP contribution in [-0.2, 0) is 33.9 Å². The van der Waals surface area contributed by atoms with E-state index in [4.69, 9.17) is 0 Å². The predicted octanol–water partition coefficient (Wildman–Crippen LogP) is 4.49. The van der Waals surface area contributed by atoms with Gasteiger partial charge >= 0.3 is 0 Å². The summed E-state index contributed by atoms with van der Waals surface area (Å²) in [4.78, 5) is 29.2. The van der Waals surface area contributed by atoms with Crippen LogP contribution in [0.25, 0.3) is 11.1 Å². The van der Waals surface area contributed by atoms with Gasteiger partial charge in [0.15, 0.2) is 4.90 Å². The van der Waals surface area contributed by atoms with Crippen LogP contribution in [0.2, 0.25) is 0 Å². The summed E-state index contributed by atoms with van der Waals surface area (Å²) in [6, 6.07) is 20.4. The van der Waals surface area contributed by atoms with Gasteiger partial charge in [-0.1, -0.05) is 55.8 Å². The molecule has 0 spiro atoms. The Morgan fingerprint density at radius 1 is 1.12 bits per heavy atom. The number of likely N-dealkylation sites (N-methyl/N-ethyl adjacent to an activating group) is 1. The number of carbonyl (C=O) groups excluding carboxylic acids is 1. The van der Waals surface area contributed by atoms with Gasteiger partial charge < -0.3 is 10.4 Å². The van der Waals surface area contributed by atoms with Crippen LogP contribution in [0, 0.1) is 11.3 Å². The molecule has 0 fully saturated rings. The lowest BCUT2D eigenvalue weighted by molar-refractivity contribution is -0.119. The average Bonchev–Trinajstić information content (AvgIpc) is 3.42. The number of rotatable bonds is 9. The minimum atomic E-state index is -4.46. The summed E-state index contributed by atoms with van der Waals surface area (Å²) in [6.45, 7) is 1.99. The number of carbonyl (C=O) groups is 1. The minimum Gasteiger partial charge on any atom is -0.492 e. The zero-order chi connectivity index (χ0) is 30.7. The third-order valence-corrected chi connectivity index (χ3v) is 9.64. The number of sulfone groups is 1. The lowest BCUT2D eigenvalue weighted by Crippen LogP contribution is -2.33. The van der Waals surface area contributed by atoms with Gasteiger partial charge in [-0.25, -0.2) is 8.42 Å². The number of hydrogen-bond donors (Lipinski definition) is 2. The van der Waals surface area contributed by atoms with Crippen LogP contribution in [0.1, 0.15) is 60.3 Å². The van der Waals surface area contributed by atoms with Gasteiger partial charge in [0.05, 0.1) is 29.0 Å². The van der Waals surface area contributed by atoms with Crippen molar-refractivity contribution in [1.29, 1.82) is 5.26 Å². The number of amides is 1. The normalized spacial score (nSPS) is 14.2. The third-order valence-electron chi connectivity index (χ3n) is 7.85. The maximum atomic E-state index is 14.1. The Morgan fingerprint density at radius 2 is 1.88 bits per heavy atom. The number of nitriles is 1. The van der Waals surface area contributed by atoms with Crippen molar-refractivity contribution in [2.75, 3.05) is 7.05 Å². The first-order chi connectivity index (χ1) is 20.7. The minimum absolute atomic E-state index is 0.120. The smallest absolute Gasteiger partial charge is 0.277 e. The lowest BCUT2D eigenvalue weighted by Gasteiger charge is -2.21. The van der Waals surface area contributed by atoms with E-state index in [0.29, 0.717) is 37.1 Å². The van der Waals surface area contributed by atoms with Crippen LogP contribution in [-0.4, -0.2) is 36.0 Å². The molecular formula is C33H32N4O5S. The van der Waals surface area contributed by atoms with Crippen molar-refractivity contribution in [2.24, 2.45) is 0 Å². The first-order valence-electron chi connectivity index (χ1n) is 14.2. The number of aryl methyl sites for hydroxylation is 2. The number of aromatic hydroxyl groups is 1. The third kappa shape index (κ3) is 5.81. The van der Waals surface area contributed by atoms with E-state index >= 15 is 0 Å². The van der Waals surface area contributed by atoms with Crippen molar-refractivity contribution < 1.29 is 18.3 Å². The molecule has 10 heteroatoms. The molecule has 1 aliphatic rings. The van der Waals surface area contributed by atoms with E-state index in [0.717, 1.165) is 34.2 Å². The van der Waals surface area contributed by atoms with E-state index in [-0.39, 0.29) is 17.2 Å². The molecule has 0 saturated heterocycles. The van der Waals surface area contributed by atoms with Gasteiger partial charge in [-0.05, 0) is 71.3 Å². The van der Waals surface area contributed by atoms with Crippen LogP contribution in [0.3, 0.4) is 0 Å². The van der Waals surface area contributed by atoms with E-state index in [9.17, 15) is 28.4 Å². The first kappa shape index (κ1) is 29.7. The van der Waals surface area contributed by atoms with Gasteiger partial charge in [0.1, 0.15) is 5.82 Å². The zero-order valence-corrected chi connectivity index (χ0v) is 24.8. The zero-order valence-electron chi connectivity index (χ0n) is 24.0. The highest BCUT2D eigenvalue weighted by Crippen LogP contribution is 2.36. The molecule has 9 nitrogen and oxygen atoms in total. The lowest BCUT2D eigenvalue weighted by atomic mass is 10.0. The number of benzene rings is 3.